The number of hydrogen-bond acceptors (Lipinski definition) is 3. The molecule has 1 aromatic carbocycles. The molecule has 2 rings (SSSR count). The number of para-hydroxylation sites is 1. The van der Waals surface area contributed by atoms with Gasteiger partial charge in [0.05, 0.1) is 6.04 Å². The minimum Gasteiger partial charge on any atom is -0.440 e. The van der Waals surface area contributed by atoms with Crippen molar-refractivity contribution in [2.45, 2.75) is 31.5 Å². The Hall–Kier alpha value is -2.45. The summed E-state index contributed by atoms with van der Waals surface area (Å²) in [5, 5.41) is 5.27. The van der Waals surface area contributed by atoms with Gasteiger partial charge in [0.25, 0.3) is 0 Å². The van der Waals surface area contributed by atoms with Gasteiger partial charge in [0, 0.05) is 18.8 Å². The molecule has 6 nitrogen and oxygen atoms in total. The van der Waals surface area contributed by atoms with Crippen LogP contribution in [0.15, 0.2) is 30.3 Å². The second kappa shape index (κ2) is 8.59. The highest BCUT2D eigenvalue weighted by molar-refractivity contribution is 5.89. The monoisotopic (exact) mass is 359 g/mol. The summed E-state index contributed by atoms with van der Waals surface area (Å²) >= 11 is 0. The van der Waals surface area contributed by atoms with E-state index in [1.54, 1.807) is 24.3 Å². The Morgan fingerprint density at radius 1 is 1.20 bits per heavy atom. The van der Waals surface area contributed by atoms with Crippen molar-refractivity contribution in [1.29, 1.82) is 0 Å². The molecule has 1 aromatic rings. The maximum absolute atomic E-state index is 12.2. The standard InChI is InChI=1S/C16H20F3N3O3/c17-16(18,19)11-25-15(24)22-9-5-4-8-13(22)10-20-14(23)21-12-6-2-1-3-7-12/h1-3,6-7,13H,4-5,8-11H2,(H2,20,21,23)/t13-/m1/s1. The summed E-state index contributed by atoms with van der Waals surface area (Å²) in [7, 11) is 0. The second-order valence-corrected chi connectivity index (χ2v) is 5.71. The van der Waals surface area contributed by atoms with Gasteiger partial charge in [-0.05, 0) is 31.4 Å². The molecule has 1 atom stereocenters. The van der Waals surface area contributed by atoms with E-state index in [1.807, 2.05) is 6.07 Å². The number of alkyl halides is 3. The zero-order valence-corrected chi connectivity index (χ0v) is 13.5. The average molecular weight is 359 g/mol. The molecule has 3 amide bonds. The summed E-state index contributed by atoms with van der Waals surface area (Å²) in [5.41, 5.74) is 0.616. The molecule has 0 radical (unpaired) electrons. The summed E-state index contributed by atoms with van der Waals surface area (Å²) in [6.07, 6.45) is -3.46. The van der Waals surface area contributed by atoms with Crippen LogP contribution in [0.1, 0.15) is 19.3 Å². The smallest absolute Gasteiger partial charge is 0.422 e. The van der Waals surface area contributed by atoms with Gasteiger partial charge in [0.2, 0.25) is 0 Å². The van der Waals surface area contributed by atoms with Gasteiger partial charge in [-0.3, -0.25) is 0 Å². The molecule has 9 heteroatoms. The van der Waals surface area contributed by atoms with E-state index in [-0.39, 0.29) is 6.54 Å². The molecule has 1 fully saturated rings. The van der Waals surface area contributed by atoms with Gasteiger partial charge in [0.1, 0.15) is 0 Å². The van der Waals surface area contributed by atoms with Gasteiger partial charge in [0.15, 0.2) is 6.61 Å². The molecule has 0 unspecified atom stereocenters. The Bertz CT molecular complexity index is 581. The minimum atomic E-state index is -4.56. The maximum Gasteiger partial charge on any atom is 0.422 e. The highest BCUT2D eigenvalue weighted by Gasteiger charge is 2.33. The van der Waals surface area contributed by atoms with Crippen molar-refractivity contribution in [2.24, 2.45) is 0 Å². The van der Waals surface area contributed by atoms with E-state index in [0.29, 0.717) is 25.1 Å². The third kappa shape index (κ3) is 6.52. The van der Waals surface area contributed by atoms with E-state index < -0.39 is 30.9 Å². The van der Waals surface area contributed by atoms with Crippen molar-refractivity contribution < 1.29 is 27.5 Å². The van der Waals surface area contributed by atoms with Crippen molar-refractivity contribution in [1.82, 2.24) is 10.2 Å². The average Bonchev–Trinajstić information content (AvgIpc) is 2.58. The Labute approximate surface area is 143 Å². The van der Waals surface area contributed by atoms with Crippen LogP contribution >= 0.6 is 0 Å². The number of nitrogens with zero attached hydrogens (tertiary/aromatic N) is 1. The number of carbonyl (C=O) groups excluding carboxylic acids is 2. The van der Waals surface area contributed by atoms with E-state index in [2.05, 4.69) is 15.4 Å². The van der Waals surface area contributed by atoms with Crippen LogP contribution in [-0.2, 0) is 4.74 Å². The molecule has 25 heavy (non-hydrogen) atoms. The number of carbonyl (C=O) groups is 2. The fourth-order valence-electron chi connectivity index (χ4n) is 2.59. The van der Waals surface area contributed by atoms with Gasteiger partial charge >= 0.3 is 18.3 Å². The third-order valence-electron chi connectivity index (χ3n) is 3.75. The lowest BCUT2D eigenvalue weighted by Gasteiger charge is -2.35. The normalized spacial score (nSPS) is 17.7. The zero-order valence-electron chi connectivity index (χ0n) is 13.5. The van der Waals surface area contributed by atoms with E-state index in [1.165, 1.54) is 4.90 Å². The van der Waals surface area contributed by atoms with Crippen LogP contribution in [0, 0.1) is 0 Å². The molecular formula is C16H20F3N3O3. The highest BCUT2D eigenvalue weighted by Crippen LogP contribution is 2.20. The van der Waals surface area contributed by atoms with Gasteiger partial charge in [-0.2, -0.15) is 13.2 Å². The number of urea groups is 1. The fraction of sp³-hybridized carbons (Fsp3) is 0.500. The SMILES string of the molecule is O=C(NC[C@H]1CCCCN1C(=O)OCC(F)(F)F)Nc1ccccc1. The number of hydrogen-bond donors (Lipinski definition) is 2. The summed E-state index contributed by atoms with van der Waals surface area (Å²) < 4.78 is 40.9. The molecule has 1 saturated heterocycles. The van der Waals surface area contributed by atoms with Crippen molar-refractivity contribution in [2.75, 3.05) is 25.0 Å². The Morgan fingerprint density at radius 3 is 2.60 bits per heavy atom. The van der Waals surface area contributed by atoms with E-state index >= 15 is 0 Å². The molecule has 1 aliphatic heterocycles. The number of ether oxygens (including phenoxy) is 1. The number of rotatable bonds is 4. The number of likely N-dealkylation sites (tertiary alicyclic amines) is 1. The summed E-state index contributed by atoms with van der Waals surface area (Å²) in [5.74, 6) is 0. The summed E-state index contributed by atoms with van der Waals surface area (Å²) in [4.78, 5) is 25.0. The largest absolute Gasteiger partial charge is 0.440 e. The second-order valence-electron chi connectivity index (χ2n) is 5.71. The molecule has 0 aliphatic carbocycles. The first kappa shape index (κ1) is 18.9. The van der Waals surface area contributed by atoms with Crippen LogP contribution in [0.2, 0.25) is 0 Å². The van der Waals surface area contributed by atoms with Crippen LogP contribution < -0.4 is 10.6 Å². The Morgan fingerprint density at radius 2 is 1.92 bits per heavy atom. The van der Waals surface area contributed by atoms with Gasteiger partial charge < -0.3 is 20.3 Å². The van der Waals surface area contributed by atoms with Gasteiger partial charge in [-0.1, -0.05) is 18.2 Å². The number of amides is 3. The van der Waals surface area contributed by atoms with Crippen molar-refractivity contribution >= 4 is 17.8 Å². The molecule has 0 aromatic heterocycles. The van der Waals surface area contributed by atoms with Gasteiger partial charge in [-0.25, -0.2) is 9.59 Å². The molecule has 0 spiro atoms. The first-order chi connectivity index (χ1) is 11.8. The minimum absolute atomic E-state index is 0.139. The number of anilines is 1. The number of halogens is 3. The molecule has 1 aliphatic rings. The van der Waals surface area contributed by atoms with Crippen molar-refractivity contribution in [3.05, 3.63) is 30.3 Å². The van der Waals surface area contributed by atoms with Gasteiger partial charge in [-0.15, -0.1) is 0 Å². The molecule has 0 bridgehead atoms. The molecule has 1 heterocycles. The van der Waals surface area contributed by atoms with E-state index in [0.717, 1.165) is 6.42 Å². The van der Waals surface area contributed by atoms with Crippen LogP contribution in [-0.4, -0.2) is 48.9 Å². The first-order valence-electron chi connectivity index (χ1n) is 7.95. The number of piperidine rings is 1. The third-order valence-corrected chi connectivity index (χ3v) is 3.75. The zero-order chi connectivity index (χ0) is 18.3. The van der Waals surface area contributed by atoms with E-state index in [9.17, 15) is 22.8 Å². The summed E-state index contributed by atoms with van der Waals surface area (Å²) in [6.45, 7) is -1.17. The predicted molar refractivity (Wildman–Crippen MR) is 85.2 cm³/mol. The predicted octanol–water partition coefficient (Wildman–Crippen LogP) is 3.36. The van der Waals surface area contributed by atoms with E-state index in [4.69, 9.17) is 0 Å². The van der Waals surface area contributed by atoms with Crippen molar-refractivity contribution in [3.8, 4) is 0 Å². The maximum atomic E-state index is 12.2. The Kier molecular flexibility index (Phi) is 6.49. The molecule has 0 saturated carbocycles. The highest BCUT2D eigenvalue weighted by atomic mass is 19.4. The topological polar surface area (TPSA) is 70.7 Å². The lowest BCUT2D eigenvalue weighted by atomic mass is 10.0. The summed E-state index contributed by atoms with van der Waals surface area (Å²) in [6, 6.07) is 7.97. The molecular weight excluding hydrogens is 339 g/mol. The van der Waals surface area contributed by atoms with Crippen LogP contribution in [0.25, 0.3) is 0 Å². The quantitative estimate of drug-likeness (QED) is 0.866. The molecule has 138 valence electrons. The van der Waals surface area contributed by atoms with Crippen molar-refractivity contribution in [3.63, 3.8) is 0 Å². The van der Waals surface area contributed by atoms with Crippen LogP contribution in [0.5, 0.6) is 0 Å². The lowest BCUT2D eigenvalue weighted by Crippen LogP contribution is -2.50. The molecule has 2 N–H and O–H groups in total. The van der Waals surface area contributed by atoms with Crippen LogP contribution in [0.3, 0.4) is 0 Å². The fourth-order valence-corrected chi connectivity index (χ4v) is 2.59. The lowest BCUT2D eigenvalue weighted by molar-refractivity contribution is -0.163. The number of nitrogens with one attached hydrogen (secondary N) is 2. The number of benzene rings is 1. The first-order valence-corrected chi connectivity index (χ1v) is 7.95. The van der Waals surface area contributed by atoms with Crippen LogP contribution in [0.4, 0.5) is 28.4 Å². The Balaban J connectivity index is 1.83.